The summed E-state index contributed by atoms with van der Waals surface area (Å²) in [5, 5.41) is -0.0457. The number of furan rings is 1. The van der Waals surface area contributed by atoms with Gasteiger partial charge >= 0.3 is 0 Å². The number of hydrogen-bond donors (Lipinski definition) is 0. The van der Waals surface area contributed by atoms with Crippen molar-refractivity contribution in [3.63, 3.8) is 0 Å². The smallest absolute Gasteiger partial charge is 0.143 e. The Labute approximate surface area is 214 Å². The molecule has 0 unspecified atom stereocenters. The molecule has 7 aromatic rings. The Morgan fingerprint density at radius 1 is 0.455 bits per heavy atom. The first-order valence-corrected chi connectivity index (χ1v) is 9.97. The Morgan fingerprint density at radius 2 is 1.03 bits per heavy atom. The second-order valence-corrected chi connectivity index (χ2v) is 7.32. The summed E-state index contributed by atoms with van der Waals surface area (Å²) >= 11 is 0. The second-order valence-electron chi connectivity index (χ2n) is 7.32. The Morgan fingerprint density at radius 3 is 1.73 bits per heavy atom. The molecule has 154 valence electrons. The van der Waals surface area contributed by atoms with Gasteiger partial charge in [-0.1, -0.05) is 115 Å². The van der Waals surface area contributed by atoms with Gasteiger partial charge in [-0.25, -0.2) is 0 Å². The molecule has 1 heterocycles. The van der Waals surface area contributed by atoms with E-state index in [0.717, 1.165) is 0 Å². The van der Waals surface area contributed by atoms with Gasteiger partial charge in [0.25, 0.3) is 0 Å². The van der Waals surface area contributed by atoms with Crippen molar-refractivity contribution in [1.29, 1.82) is 0 Å². The molecule has 0 saturated carbocycles. The Balaban J connectivity index is 1.83. The van der Waals surface area contributed by atoms with Crippen LogP contribution in [0.2, 0.25) is 0 Å². The fraction of sp³-hybridized carbons (Fsp3) is 0. The van der Waals surface area contributed by atoms with E-state index in [1.807, 2.05) is 0 Å². The summed E-state index contributed by atoms with van der Waals surface area (Å²) in [6.45, 7) is 0. The highest BCUT2D eigenvalue weighted by Crippen LogP contribution is 2.46. The van der Waals surface area contributed by atoms with E-state index in [1.165, 1.54) is 24.3 Å². The predicted octanol–water partition coefficient (Wildman–Crippen LogP) is 9.23. The molecule has 1 aromatic heterocycles. The van der Waals surface area contributed by atoms with Gasteiger partial charge in [0.15, 0.2) is 0 Å². The van der Waals surface area contributed by atoms with E-state index in [9.17, 15) is 0 Å². The molecular weight excluding hydrogens is 400 g/mol. The van der Waals surface area contributed by atoms with Crippen molar-refractivity contribution >= 4 is 43.5 Å². The maximum Gasteiger partial charge on any atom is 0.143 e. The summed E-state index contributed by atoms with van der Waals surface area (Å²) in [7, 11) is 0. The Kier molecular flexibility index (Phi) is 1.83. The third kappa shape index (κ3) is 2.66. The number of hydrogen-bond acceptors (Lipinski definition) is 1. The Hall–Kier alpha value is -4.36. The molecule has 0 amide bonds. The van der Waals surface area contributed by atoms with Crippen LogP contribution in [0, 0.1) is 0 Å². The van der Waals surface area contributed by atoms with Crippen LogP contribution in [0.4, 0.5) is 0 Å². The largest absolute Gasteiger partial charge is 0.455 e. The van der Waals surface area contributed by atoms with Crippen LogP contribution in [-0.2, 0) is 0 Å². The SMILES string of the molecule is [2H]c1cc2c(-c3c([2H])c([2H])c([2H])c([2H])c3[2H])c3cc([2H])c([2H])cc3c(-c3c([2H])c([2H])c([2H])c4c3oc3c([2H])c([2H])c([2H])c([2H])c34)c2cc1[2H]. The first-order valence-electron chi connectivity index (χ1n) is 18.0. The lowest BCUT2D eigenvalue weighted by atomic mass is 9.85. The van der Waals surface area contributed by atoms with Gasteiger partial charge in [-0.2, -0.15) is 0 Å². The van der Waals surface area contributed by atoms with Gasteiger partial charge in [0, 0.05) is 21.9 Å². The van der Waals surface area contributed by atoms with E-state index in [1.54, 1.807) is 0 Å². The first kappa shape index (κ1) is 8.53. The van der Waals surface area contributed by atoms with Gasteiger partial charge in [0.2, 0.25) is 0 Å². The van der Waals surface area contributed by atoms with Crippen molar-refractivity contribution in [2.75, 3.05) is 0 Å². The van der Waals surface area contributed by atoms with Crippen molar-refractivity contribution in [3.05, 3.63) is 121 Å². The average Bonchev–Trinajstić information content (AvgIpc) is 3.46. The van der Waals surface area contributed by atoms with E-state index in [2.05, 4.69) is 0 Å². The Bertz CT molecular complexity index is 2580. The van der Waals surface area contributed by atoms with Gasteiger partial charge in [0.05, 0.1) is 21.9 Å². The molecule has 6 aromatic carbocycles. The lowest BCUT2D eigenvalue weighted by Crippen LogP contribution is -1.90. The van der Waals surface area contributed by atoms with E-state index < -0.39 is 72.5 Å². The van der Waals surface area contributed by atoms with E-state index in [4.69, 9.17) is 26.3 Å². The molecule has 0 saturated heterocycles. The number of rotatable bonds is 2. The third-order valence-electron chi connectivity index (χ3n) is 5.63. The molecule has 0 N–H and O–H groups in total. The quantitative estimate of drug-likeness (QED) is 0.246. The molecule has 33 heavy (non-hydrogen) atoms. The fourth-order valence-electron chi connectivity index (χ4n) is 4.30. The number of fused-ring (bicyclic) bond motifs is 5. The van der Waals surface area contributed by atoms with E-state index in [-0.39, 0.29) is 89.9 Å². The molecule has 0 fully saturated rings. The highest BCUT2D eigenvalue weighted by Gasteiger charge is 2.19. The van der Waals surface area contributed by atoms with Crippen molar-refractivity contribution in [3.8, 4) is 22.3 Å². The molecule has 0 radical (unpaired) electrons. The average molecular weight is 437 g/mol. The number of benzene rings is 6. The predicted molar refractivity (Wildman–Crippen MR) is 140 cm³/mol. The molecule has 0 atom stereocenters. The van der Waals surface area contributed by atoms with Gasteiger partial charge in [-0.3, -0.25) is 0 Å². The van der Waals surface area contributed by atoms with Crippen molar-refractivity contribution in [2.45, 2.75) is 0 Å². The normalized spacial score (nSPS) is 18.4. The molecule has 1 heteroatoms. The molecule has 1 nitrogen and oxygen atoms in total. The highest BCUT2D eigenvalue weighted by molar-refractivity contribution is 6.24. The van der Waals surface area contributed by atoms with Crippen LogP contribution in [0.3, 0.4) is 0 Å². The molecule has 0 aliphatic carbocycles. The number of para-hydroxylation sites is 2. The van der Waals surface area contributed by atoms with E-state index in [0.29, 0.717) is 0 Å². The van der Waals surface area contributed by atoms with Crippen molar-refractivity contribution in [2.24, 2.45) is 0 Å². The minimum absolute atomic E-state index is 0.00271. The lowest BCUT2D eigenvalue weighted by Gasteiger charge is -2.17. The summed E-state index contributed by atoms with van der Waals surface area (Å²) in [5.74, 6) is 0. The molecule has 7 rings (SSSR count). The second kappa shape index (κ2) is 7.08. The summed E-state index contributed by atoms with van der Waals surface area (Å²) < 4.78 is 143. The van der Waals surface area contributed by atoms with Crippen molar-refractivity contribution < 1.29 is 26.3 Å². The van der Waals surface area contributed by atoms with Crippen LogP contribution in [0.25, 0.3) is 65.7 Å². The zero-order chi connectivity index (χ0) is 35.7. The topological polar surface area (TPSA) is 13.1 Å². The fourth-order valence-corrected chi connectivity index (χ4v) is 4.30. The molecule has 0 bridgehead atoms. The van der Waals surface area contributed by atoms with E-state index >= 15 is 0 Å². The van der Waals surface area contributed by atoms with Crippen LogP contribution in [0.1, 0.15) is 21.9 Å². The molecule has 0 spiro atoms. The maximum absolute atomic E-state index is 9.10. The van der Waals surface area contributed by atoms with Crippen molar-refractivity contribution in [1.82, 2.24) is 0 Å². The zero-order valence-electron chi connectivity index (χ0n) is 32.7. The van der Waals surface area contributed by atoms with Crippen LogP contribution in [0.5, 0.6) is 0 Å². The van der Waals surface area contributed by atoms with Crippen LogP contribution in [0.15, 0.2) is 125 Å². The summed E-state index contributed by atoms with van der Waals surface area (Å²) in [4.78, 5) is 0. The first-order chi connectivity index (χ1) is 23.0. The van der Waals surface area contributed by atoms with Gasteiger partial charge in [0.1, 0.15) is 11.2 Å². The monoisotopic (exact) mass is 436 g/mol. The van der Waals surface area contributed by atoms with Crippen LogP contribution in [-0.4, -0.2) is 0 Å². The molecule has 0 aliphatic rings. The lowest BCUT2D eigenvalue weighted by molar-refractivity contribution is 0.670. The highest BCUT2D eigenvalue weighted by atomic mass is 16.3. The van der Waals surface area contributed by atoms with Gasteiger partial charge in [-0.15, -0.1) is 0 Å². The minimum Gasteiger partial charge on any atom is -0.455 e. The van der Waals surface area contributed by atoms with Crippen LogP contribution >= 0.6 is 0 Å². The summed E-state index contributed by atoms with van der Waals surface area (Å²) in [6.07, 6.45) is 0. The zero-order valence-corrected chi connectivity index (χ0v) is 16.7. The minimum atomic E-state index is -0.646. The summed E-state index contributed by atoms with van der Waals surface area (Å²) in [5.41, 5.74) is -0.999. The third-order valence-corrected chi connectivity index (χ3v) is 5.63. The summed E-state index contributed by atoms with van der Waals surface area (Å²) in [6, 6.07) is -3.34. The standard InChI is InChI=1S/C32H20O/c1-2-11-21(12-3-1)30-23-14-4-6-16-25(23)31(26-17-7-5-15-24(26)30)28-19-10-18-27-22-13-8-9-20-29(22)33-32(27)28/h1-20H/i1D,2D,3D,4D,5D,6D,7D,8D,9D,10D,11D,12D,13D,18D,19D,20D. The molecular formula is C32H20O. The maximum atomic E-state index is 9.10. The van der Waals surface area contributed by atoms with Gasteiger partial charge < -0.3 is 4.42 Å². The van der Waals surface area contributed by atoms with Gasteiger partial charge in [-0.05, 0) is 38.7 Å². The van der Waals surface area contributed by atoms with Crippen LogP contribution < -0.4 is 0 Å². The molecule has 0 aliphatic heterocycles.